The Balaban J connectivity index is 0.00000300. The van der Waals surface area contributed by atoms with Crippen molar-refractivity contribution in [2.24, 2.45) is 10.9 Å². The molecular formula is C20H28ClIN6O. The van der Waals surface area contributed by atoms with Crippen LogP contribution in [0.3, 0.4) is 0 Å². The van der Waals surface area contributed by atoms with Crippen molar-refractivity contribution in [3.63, 3.8) is 0 Å². The number of nitrogens with zero attached hydrogens (tertiary/aromatic N) is 4. The Kier molecular flexibility index (Phi) is 9.22. The quantitative estimate of drug-likeness (QED) is 0.270. The molecule has 9 heteroatoms. The van der Waals surface area contributed by atoms with E-state index >= 15 is 0 Å². The van der Waals surface area contributed by atoms with Crippen LogP contribution in [0.4, 0.5) is 0 Å². The van der Waals surface area contributed by atoms with Gasteiger partial charge in [0.2, 0.25) is 0 Å². The Morgan fingerprint density at radius 2 is 2.00 bits per heavy atom. The summed E-state index contributed by atoms with van der Waals surface area (Å²) in [5.74, 6) is 1.33. The van der Waals surface area contributed by atoms with Crippen molar-refractivity contribution in [1.82, 2.24) is 25.1 Å². The molecule has 0 spiro atoms. The summed E-state index contributed by atoms with van der Waals surface area (Å²) in [5, 5.41) is 6.88. The summed E-state index contributed by atoms with van der Waals surface area (Å²) >= 11 is 5.86. The van der Waals surface area contributed by atoms with Crippen LogP contribution in [0.15, 0.2) is 48.0 Å². The molecule has 2 aromatic rings. The SMILES string of the molecule is CN=C(NCCNC(=O)c1ccc(Cl)cc1)N1CCC(C)C(n2ccnc2)C1.I. The molecule has 1 fully saturated rings. The fraction of sp³-hybridized carbons (Fsp3) is 0.450. The minimum Gasteiger partial charge on any atom is -0.354 e. The highest BCUT2D eigenvalue weighted by molar-refractivity contribution is 14.0. The number of guanidine groups is 1. The van der Waals surface area contributed by atoms with Crippen LogP contribution in [-0.4, -0.2) is 59.5 Å². The lowest BCUT2D eigenvalue weighted by atomic mass is 9.93. The van der Waals surface area contributed by atoms with Crippen LogP contribution in [0.5, 0.6) is 0 Å². The molecule has 1 saturated heterocycles. The topological polar surface area (TPSA) is 74.6 Å². The first-order valence-electron chi connectivity index (χ1n) is 9.55. The van der Waals surface area contributed by atoms with Gasteiger partial charge in [-0.15, -0.1) is 24.0 Å². The highest BCUT2D eigenvalue weighted by Gasteiger charge is 2.28. The molecule has 1 amide bonds. The molecule has 2 atom stereocenters. The van der Waals surface area contributed by atoms with Crippen LogP contribution in [0.25, 0.3) is 0 Å². The van der Waals surface area contributed by atoms with Gasteiger partial charge >= 0.3 is 0 Å². The number of aliphatic imine (C=N–C) groups is 1. The highest BCUT2D eigenvalue weighted by Crippen LogP contribution is 2.27. The Labute approximate surface area is 193 Å². The lowest BCUT2D eigenvalue weighted by Gasteiger charge is -2.39. The number of halogens is 2. The number of aromatic nitrogens is 2. The van der Waals surface area contributed by atoms with Gasteiger partial charge in [-0.2, -0.15) is 0 Å². The van der Waals surface area contributed by atoms with Crippen molar-refractivity contribution in [2.45, 2.75) is 19.4 Å². The number of carbonyl (C=O) groups excluding carboxylic acids is 1. The van der Waals surface area contributed by atoms with Gasteiger partial charge in [-0.25, -0.2) is 4.98 Å². The van der Waals surface area contributed by atoms with Crippen LogP contribution >= 0.6 is 35.6 Å². The Hall–Kier alpha value is -1.81. The van der Waals surface area contributed by atoms with E-state index in [2.05, 4.69) is 37.0 Å². The maximum atomic E-state index is 12.2. The first-order chi connectivity index (χ1) is 13.6. The third kappa shape index (κ3) is 6.33. The van der Waals surface area contributed by atoms with E-state index in [-0.39, 0.29) is 29.9 Å². The lowest BCUT2D eigenvalue weighted by Crippen LogP contribution is -2.50. The second-order valence-corrected chi connectivity index (χ2v) is 7.46. The van der Waals surface area contributed by atoms with Crippen molar-refractivity contribution >= 4 is 47.4 Å². The summed E-state index contributed by atoms with van der Waals surface area (Å²) in [6.07, 6.45) is 6.82. The van der Waals surface area contributed by atoms with E-state index in [4.69, 9.17) is 11.6 Å². The minimum atomic E-state index is -0.111. The summed E-state index contributed by atoms with van der Waals surface area (Å²) in [5.41, 5.74) is 0.599. The van der Waals surface area contributed by atoms with Crippen molar-refractivity contribution in [2.75, 3.05) is 33.2 Å². The van der Waals surface area contributed by atoms with Crippen LogP contribution in [0.1, 0.15) is 29.7 Å². The molecule has 1 aliphatic rings. The molecule has 7 nitrogen and oxygen atoms in total. The van der Waals surface area contributed by atoms with E-state index in [1.807, 2.05) is 18.7 Å². The number of nitrogens with one attached hydrogen (secondary N) is 2. The lowest BCUT2D eigenvalue weighted by molar-refractivity contribution is 0.0954. The van der Waals surface area contributed by atoms with Crippen LogP contribution in [0, 0.1) is 5.92 Å². The molecule has 3 rings (SSSR count). The first kappa shape index (κ1) is 23.5. The van der Waals surface area contributed by atoms with Crippen LogP contribution in [-0.2, 0) is 0 Å². The van der Waals surface area contributed by atoms with E-state index in [1.54, 1.807) is 31.3 Å². The van der Waals surface area contributed by atoms with Gasteiger partial charge in [0.1, 0.15) is 0 Å². The molecule has 2 heterocycles. The predicted octanol–water partition coefficient (Wildman–Crippen LogP) is 3.04. The normalized spacial score (nSPS) is 19.4. The van der Waals surface area contributed by atoms with Gasteiger partial charge in [-0.1, -0.05) is 18.5 Å². The standard InChI is InChI=1S/C20H27ClN6O.HI/c1-15-7-11-26(13-18(15)27-12-10-23-14-27)20(22-2)25-9-8-24-19(28)16-3-5-17(21)6-4-16;/h3-6,10,12,14-15,18H,7-9,11,13H2,1-2H3,(H,22,25)(H,24,28);1H. The molecule has 2 unspecified atom stereocenters. The van der Waals surface area contributed by atoms with Gasteiger partial charge in [0.25, 0.3) is 5.91 Å². The molecule has 0 bridgehead atoms. The van der Waals surface area contributed by atoms with Gasteiger partial charge in [-0.3, -0.25) is 9.79 Å². The van der Waals surface area contributed by atoms with Gasteiger partial charge in [0.15, 0.2) is 5.96 Å². The molecule has 1 aromatic carbocycles. The van der Waals surface area contributed by atoms with Crippen molar-refractivity contribution in [3.8, 4) is 0 Å². The zero-order chi connectivity index (χ0) is 19.9. The van der Waals surface area contributed by atoms with E-state index in [0.717, 1.165) is 25.5 Å². The molecular weight excluding hydrogens is 503 g/mol. The van der Waals surface area contributed by atoms with E-state index in [1.165, 1.54) is 0 Å². The zero-order valence-electron chi connectivity index (χ0n) is 16.7. The van der Waals surface area contributed by atoms with Gasteiger partial charge in [-0.05, 0) is 36.6 Å². The number of hydrogen-bond acceptors (Lipinski definition) is 3. The van der Waals surface area contributed by atoms with Crippen molar-refractivity contribution in [3.05, 3.63) is 53.6 Å². The molecule has 2 N–H and O–H groups in total. The Morgan fingerprint density at radius 3 is 2.66 bits per heavy atom. The number of carbonyl (C=O) groups is 1. The summed E-state index contributed by atoms with van der Waals surface area (Å²) < 4.78 is 2.18. The van der Waals surface area contributed by atoms with Crippen molar-refractivity contribution < 1.29 is 4.79 Å². The maximum absolute atomic E-state index is 12.2. The monoisotopic (exact) mass is 530 g/mol. The van der Waals surface area contributed by atoms with Crippen molar-refractivity contribution in [1.29, 1.82) is 0 Å². The number of benzene rings is 1. The number of piperidine rings is 1. The van der Waals surface area contributed by atoms with Crippen LogP contribution < -0.4 is 10.6 Å². The minimum absolute atomic E-state index is 0. The molecule has 1 aromatic heterocycles. The third-order valence-corrected chi connectivity index (χ3v) is 5.39. The number of hydrogen-bond donors (Lipinski definition) is 2. The average Bonchev–Trinajstić information content (AvgIpc) is 3.24. The Morgan fingerprint density at radius 1 is 1.28 bits per heavy atom. The third-order valence-electron chi connectivity index (χ3n) is 5.14. The van der Waals surface area contributed by atoms with E-state index in [9.17, 15) is 4.79 Å². The summed E-state index contributed by atoms with van der Waals surface area (Å²) in [6, 6.07) is 7.24. The molecule has 29 heavy (non-hydrogen) atoms. The molecule has 0 radical (unpaired) electrons. The molecule has 0 saturated carbocycles. The summed E-state index contributed by atoms with van der Waals surface area (Å²) in [6.45, 7) is 5.24. The fourth-order valence-electron chi connectivity index (χ4n) is 3.48. The van der Waals surface area contributed by atoms with E-state index in [0.29, 0.717) is 35.6 Å². The summed E-state index contributed by atoms with van der Waals surface area (Å²) in [4.78, 5) is 23.0. The Bertz CT molecular complexity index is 796. The predicted molar refractivity (Wildman–Crippen MR) is 127 cm³/mol. The fourth-order valence-corrected chi connectivity index (χ4v) is 3.61. The average molecular weight is 531 g/mol. The largest absolute Gasteiger partial charge is 0.354 e. The smallest absolute Gasteiger partial charge is 0.251 e. The van der Waals surface area contributed by atoms with Crippen LogP contribution in [0.2, 0.25) is 5.02 Å². The number of imidazole rings is 1. The number of rotatable bonds is 5. The number of amides is 1. The van der Waals surface area contributed by atoms with Gasteiger partial charge in [0, 0.05) is 56.2 Å². The molecule has 0 aliphatic carbocycles. The summed E-state index contributed by atoms with van der Waals surface area (Å²) in [7, 11) is 1.79. The second kappa shape index (κ2) is 11.4. The van der Waals surface area contributed by atoms with E-state index < -0.39 is 0 Å². The first-order valence-corrected chi connectivity index (χ1v) is 9.93. The highest BCUT2D eigenvalue weighted by atomic mass is 127. The van der Waals surface area contributed by atoms with Gasteiger partial charge in [0.05, 0.1) is 12.4 Å². The van der Waals surface area contributed by atoms with Gasteiger partial charge < -0.3 is 20.1 Å². The molecule has 158 valence electrons. The number of likely N-dealkylation sites (tertiary alicyclic amines) is 1. The molecule has 1 aliphatic heterocycles. The zero-order valence-corrected chi connectivity index (χ0v) is 19.8. The maximum Gasteiger partial charge on any atom is 0.251 e. The second-order valence-electron chi connectivity index (χ2n) is 7.03.